The van der Waals surface area contributed by atoms with Gasteiger partial charge in [-0.3, -0.25) is 14.3 Å². The fourth-order valence-electron chi connectivity index (χ4n) is 5.56. The van der Waals surface area contributed by atoms with Gasteiger partial charge in [0.1, 0.15) is 12.0 Å². The summed E-state index contributed by atoms with van der Waals surface area (Å²) in [5.74, 6) is 0.449. The highest BCUT2D eigenvalue weighted by Crippen LogP contribution is 2.31. The van der Waals surface area contributed by atoms with Gasteiger partial charge in [-0.05, 0) is 18.1 Å². The average Bonchev–Trinajstić information content (AvgIpc) is 3.63. The number of fused-ring (bicyclic) bond motifs is 1. The minimum Gasteiger partial charge on any atom is -0.338 e. The second-order valence-electron chi connectivity index (χ2n) is 10.3. The molecule has 0 spiro atoms. The van der Waals surface area contributed by atoms with Gasteiger partial charge in [0.15, 0.2) is 5.82 Å². The molecule has 9 nitrogen and oxygen atoms in total. The number of likely N-dealkylation sites (tertiary alicyclic amines) is 1. The standard InChI is InChI=1S/C29H31N7O2/c1-20-8-10-22(11-9-20)15-35-17-23(14-26(35)37)29(38)34-13-12-25-24(18-34)27(32-33(25)2)28-31-30-19-36(28)16-21-6-4-3-5-7-21/h3-11,19,23H,12-18H2,1-2H3. The third-order valence-corrected chi connectivity index (χ3v) is 7.63. The zero-order valence-electron chi connectivity index (χ0n) is 21.7. The van der Waals surface area contributed by atoms with E-state index >= 15 is 0 Å². The van der Waals surface area contributed by atoms with Crippen LogP contribution in [0.15, 0.2) is 60.9 Å². The Morgan fingerprint density at radius 1 is 1.03 bits per heavy atom. The van der Waals surface area contributed by atoms with Gasteiger partial charge in [0, 0.05) is 57.3 Å². The largest absolute Gasteiger partial charge is 0.338 e. The minimum absolute atomic E-state index is 0.0379. The highest BCUT2D eigenvalue weighted by atomic mass is 16.2. The predicted octanol–water partition coefficient (Wildman–Crippen LogP) is 2.97. The Bertz CT molecular complexity index is 1470. The van der Waals surface area contributed by atoms with Crippen molar-refractivity contribution in [3.63, 3.8) is 0 Å². The number of benzene rings is 2. The molecule has 0 aliphatic carbocycles. The lowest BCUT2D eigenvalue weighted by Gasteiger charge is -2.29. The predicted molar refractivity (Wildman–Crippen MR) is 142 cm³/mol. The van der Waals surface area contributed by atoms with Crippen LogP contribution in [-0.2, 0) is 42.7 Å². The van der Waals surface area contributed by atoms with E-state index in [1.807, 2.05) is 63.4 Å². The lowest BCUT2D eigenvalue weighted by Crippen LogP contribution is -2.40. The molecule has 1 unspecified atom stereocenters. The van der Waals surface area contributed by atoms with E-state index in [0.717, 1.165) is 28.1 Å². The molecule has 1 atom stereocenters. The van der Waals surface area contributed by atoms with Gasteiger partial charge in [-0.2, -0.15) is 5.10 Å². The molecule has 0 N–H and O–H groups in total. The Balaban J connectivity index is 1.19. The molecular formula is C29H31N7O2. The topological polar surface area (TPSA) is 89.2 Å². The summed E-state index contributed by atoms with van der Waals surface area (Å²) in [4.78, 5) is 30.1. The van der Waals surface area contributed by atoms with E-state index in [1.54, 1.807) is 6.33 Å². The van der Waals surface area contributed by atoms with Crippen LogP contribution in [0.1, 0.15) is 34.4 Å². The van der Waals surface area contributed by atoms with Crippen LogP contribution in [0.5, 0.6) is 0 Å². The molecule has 2 amide bonds. The molecule has 1 fully saturated rings. The number of amides is 2. The molecule has 0 radical (unpaired) electrons. The van der Waals surface area contributed by atoms with Crippen LogP contribution in [-0.4, -0.2) is 59.2 Å². The van der Waals surface area contributed by atoms with Crippen molar-refractivity contribution in [3.05, 3.63) is 88.9 Å². The maximum absolute atomic E-state index is 13.6. The zero-order valence-corrected chi connectivity index (χ0v) is 21.7. The number of aromatic nitrogens is 5. The Morgan fingerprint density at radius 2 is 1.79 bits per heavy atom. The smallest absolute Gasteiger partial charge is 0.228 e. The highest BCUT2D eigenvalue weighted by molar-refractivity contribution is 5.89. The van der Waals surface area contributed by atoms with Crippen molar-refractivity contribution in [1.82, 2.24) is 34.3 Å². The summed E-state index contributed by atoms with van der Waals surface area (Å²) in [5, 5.41) is 13.4. The first-order chi connectivity index (χ1) is 18.5. The van der Waals surface area contributed by atoms with Crippen molar-refractivity contribution in [3.8, 4) is 11.5 Å². The summed E-state index contributed by atoms with van der Waals surface area (Å²) in [5.41, 5.74) is 6.30. The number of hydrogen-bond donors (Lipinski definition) is 0. The first-order valence-electron chi connectivity index (χ1n) is 13.0. The lowest BCUT2D eigenvalue weighted by molar-refractivity contribution is -0.136. The SMILES string of the molecule is Cc1ccc(CN2CC(C(=O)N3CCc4c(c(-c5nncn5Cc5ccccc5)nn4C)C3)CC2=O)cc1. The number of nitrogens with zero attached hydrogens (tertiary/aromatic N) is 7. The first kappa shape index (κ1) is 24.1. The second kappa shape index (κ2) is 9.89. The molecule has 9 heteroatoms. The van der Waals surface area contributed by atoms with E-state index in [2.05, 4.69) is 34.5 Å². The van der Waals surface area contributed by atoms with Crippen LogP contribution in [0.25, 0.3) is 11.5 Å². The van der Waals surface area contributed by atoms with Gasteiger partial charge in [0.05, 0.1) is 12.5 Å². The molecule has 38 heavy (non-hydrogen) atoms. The van der Waals surface area contributed by atoms with E-state index in [4.69, 9.17) is 5.10 Å². The maximum Gasteiger partial charge on any atom is 0.228 e. The second-order valence-corrected chi connectivity index (χ2v) is 10.3. The molecule has 2 aromatic heterocycles. The van der Waals surface area contributed by atoms with Crippen LogP contribution in [0, 0.1) is 12.8 Å². The molecule has 2 aliphatic heterocycles. The maximum atomic E-state index is 13.6. The monoisotopic (exact) mass is 509 g/mol. The number of rotatable bonds is 6. The molecule has 4 aromatic rings. The molecule has 2 aromatic carbocycles. The Kier molecular flexibility index (Phi) is 6.27. The summed E-state index contributed by atoms with van der Waals surface area (Å²) in [7, 11) is 1.94. The Labute approximate surface area is 221 Å². The van der Waals surface area contributed by atoms with E-state index < -0.39 is 0 Å². The van der Waals surface area contributed by atoms with Crippen LogP contribution < -0.4 is 0 Å². The number of hydrogen-bond acceptors (Lipinski definition) is 5. The van der Waals surface area contributed by atoms with Crippen LogP contribution in [0.3, 0.4) is 0 Å². The molecule has 2 aliphatic rings. The van der Waals surface area contributed by atoms with E-state index in [-0.39, 0.29) is 24.2 Å². The number of carbonyl (C=O) groups excluding carboxylic acids is 2. The van der Waals surface area contributed by atoms with Crippen LogP contribution >= 0.6 is 0 Å². The lowest BCUT2D eigenvalue weighted by atomic mass is 10.0. The quantitative estimate of drug-likeness (QED) is 0.399. The van der Waals surface area contributed by atoms with E-state index in [9.17, 15) is 9.59 Å². The summed E-state index contributed by atoms with van der Waals surface area (Å²) in [6, 6.07) is 18.4. The van der Waals surface area contributed by atoms with Crippen molar-refractivity contribution >= 4 is 11.8 Å². The zero-order chi connectivity index (χ0) is 26.2. The van der Waals surface area contributed by atoms with Gasteiger partial charge in [-0.25, -0.2) is 0 Å². The molecule has 4 heterocycles. The Hall–Kier alpha value is -4.27. The normalized spacial score (nSPS) is 17.2. The molecule has 0 saturated carbocycles. The third kappa shape index (κ3) is 4.60. The molecule has 194 valence electrons. The van der Waals surface area contributed by atoms with Gasteiger partial charge in [0.2, 0.25) is 11.8 Å². The third-order valence-electron chi connectivity index (χ3n) is 7.63. The summed E-state index contributed by atoms with van der Waals surface area (Å²) >= 11 is 0. The van der Waals surface area contributed by atoms with Crippen molar-refractivity contribution in [2.75, 3.05) is 13.1 Å². The summed E-state index contributed by atoms with van der Waals surface area (Å²) in [6.45, 7) is 4.75. The van der Waals surface area contributed by atoms with Crippen LogP contribution in [0.2, 0.25) is 0 Å². The number of aryl methyl sites for hydroxylation is 2. The summed E-state index contributed by atoms with van der Waals surface area (Å²) < 4.78 is 3.90. The fourth-order valence-corrected chi connectivity index (χ4v) is 5.56. The fraction of sp³-hybridized carbons (Fsp3) is 0.345. The molecule has 6 rings (SSSR count). The first-order valence-corrected chi connectivity index (χ1v) is 13.0. The van der Waals surface area contributed by atoms with Gasteiger partial charge < -0.3 is 14.4 Å². The van der Waals surface area contributed by atoms with Gasteiger partial charge in [-0.15, -0.1) is 10.2 Å². The molecular weight excluding hydrogens is 478 g/mol. The van der Waals surface area contributed by atoms with E-state index in [0.29, 0.717) is 45.0 Å². The van der Waals surface area contributed by atoms with Gasteiger partial charge >= 0.3 is 0 Å². The van der Waals surface area contributed by atoms with Crippen molar-refractivity contribution in [2.45, 2.75) is 39.4 Å². The average molecular weight is 510 g/mol. The highest BCUT2D eigenvalue weighted by Gasteiger charge is 2.38. The minimum atomic E-state index is -0.323. The van der Waals surface area contributed by atoms with Gasteiger partial charge in [-0.1, -0.05) is 60.2 Å². The van der Waals surface area contributed by atoms with Gasteiger partial charge in [0.25, 0.3) is 0 Å². The van der Waals surface area contributed by atoms with Crippen LogP contribution in [0.4, 0.5) is 0 Å². The van der Waals surface area contributed by atoms with Crippen molar-refractivity contribution < 1.29 is 9.59 Å². The van der Waals surface area contributed by atoms with Crippen molar-refractivity contribution in [1.29, 1.82) is 0 Å². The number of carbonyl (C=O) groups is 2. The van der Waals surface area contributed by atoms with Crippen molar-refractivity contribution in [2.24, 2.45) is 13.0 Å². The molecule has 0 bridgehead atoms. The molecule has 1 saturated heterocycles. The van der Waals surface area contributed by atoms with E-state index in [1.165, 1.54) is 5.56 Å². The Morgan fingerprint density at radius 3 is 2.58 bits per heavy atom. The summed E-state index contributed by atoms with van der Waals surface area (Å²) in [6.07, 6.45) is 2.70.